The van der Waals surface area contributed by atoms with Crippen LogP contribution in [0.2, 0.25) is 5.02 Å². The predicted octanol–water partition coefficient (Wildman–Crippen LogP) is 8.71. The number of Topliss-reactive ketones (excluding diaryl/α,β-unsaturated/α-hetero) is 2. The molecule has 2 aliphatic rings. The zero-order chi connectivity index (χ0) is 32.6. The Kier molecular flexibility index (Phi) is 10.9. The van der Waals surface area contributed by atoms with Crippen LogP contribution in [0.25, 0.3) is 16.9 Å². The molecule has 1 heterocycles. The van der Waals surface area contributed by atoms with Crippen LogP contribution in [0.4, 0.5) is 11.8 Å². The van der Waals surface area contributed by atoms with Gasteiger partial charge in [-0.05, 0) is 73.3 Å². The molecule has 7 nitrogen and oxygen atoms in total. The summed E-state index contributed by atoms with van der Waals surface area (Å²) in [5.74, 6) is 0.188. The van der Waals surface area contributed by atoms with Gasteiger partial charge in [0.25, 0.3) is 0 Å². The Morgan fingerprint density at radius 2 is 1.46 bits per heavy atom. The molecule has 1 fully saturated rings. The summed E-state index contributed by atoms with van der Waals surface area (Å²) in [7, 11) is 0. The van der Waals surface area contributed by atoms with Crippen molar-refractivity contribution >= 4 is 40.7 Å². The molecule has 0 spiro atoms. The van der Waals surface area contributed by atoms with E-state index in [4.69, 9.17) is 23.1 Å². The Balaban J connectivity index is 0.000000209. The molecule has 2 aliphatic carbocycles. The van der Waals surface area contributed by atoms with Crippen LogP contribution in [-0.4, -0.2) is 26.6 Å². The van der Waals surface area contributed by atoms with Gasteiger partial charge >= 0.3 is 0 Å². The average molecular weight is 637 g/mol. The Bertz CT molecular complexity index is 1720. The number of hydrogen-bond donors (Lipinski definition) is 3. The van der Waals surface area contributed by atoms with Crippen LogP contribution in [0.15, 0.2) is 78.4 Å². The molecule has 0 amide bonds. The van der Waals surface area contributed by atoms with Crippen molar-refractivity contribution in [1.29, 1.82) is 0 Å². The number of halogens is 1. The fraction of sp³-hybridized carbons (Fsp3) is 0.316. The number of anilines is 2. The molecule has 0 atom stereocenters. The summed E-state index contributed by atoms with van der Waals surface area (Å²) in [6.45, 7) is 2.00. The molecule has 46 heavy (non-hydrogen) atoms. The van der Waals surface area contributed by atoms with Crippen molar-refractivity contribution in [2.75, 3.05) is 11.5 Å². The molecule has 1 saturated carbocycles. The van der Waals surface area contributed by atoms with Crippen molar-refractivity contribution in [2.45, 2.75) is 77.0 Å². The summed E-state index contributed by atoms with van der Waals surface area (Å²) in [5, 5.41) is 11.2. The molecular formula is C38H41ClN4O3. The second kappa shape index (κ2) is 15.2. The molecule has 0 aliphatic heterocycles. The van der Waals surface area contributed by atoms with Crippen molar-refractivity contribution in [3.8, 4) is 11.1 Å². The molecule has 5 N–H and O–H groups in total. The molecule has 3 aromatic carbocycles. The van der Waals surface area contributed by atoms with E-state index in [1.54, 1.807) is 24.3 Å². The van der Waals surface area contributed by atoms with Gasteiger partial charge in [0.15, 0.2) is 0 Å². The molecule has 238 valence electrons. The highest BCUT2D eigenvalue weighted by atomic mass is 35.5. The number of allylic oxidation sites excluding steroid dienone is 1. The molecule has 8 heteroatoms. The standard InChI is InChI=1S/C26H28O3.C12H13ClN4/c27-24-21-11-5-6-12-22(21)25(28)26(29)23(24)13-7-8-18-14-16-20(17-15-18)19-9-3-1-2-4-10-19;1-2-9-10(11(14)17-12(15)16-9)7-3-5-8(13)6-4-7/h5-6,11-12,14-17,19,27H,1-4,7-10,13H2;3-6H,2H2,1H3,(H4,14,15,16,17). The van der Waals surface area contributed by atoms with E-state index < -0.39 is 11.6 Å². The van der Waals surface area contributed by atoms with Gasteiger partial charge in [-0.25, -0.2) is 4.98 Å². The van der Waals surface area contributed by atoms with Gasteiger partial charge in [0, 0.05) is 27.3 Å². The van der Waals surface area contributed by atoms with Crippen molar-refractivity contribution in [2.24, 2.45) is 0 Å². The maximum atomic E-state index is 12.4. The van der Waals surface area contributed by atoms with Gasteiger partial charge in [0.1, 0.15) is 11.6 Å². The van der Waals surface area contributed by atoms with Gasteiger partial charge in [-0.2, -0.15) is 4.98 Å². The number of aliphatic hydroxyl groups excluding tert-OH is 1. The first-order valence-electron chi connectivity index (χ1n) is 16.1. The van der Waals surface area contributed by atoms with Crippen molar-refractivity contribution in [1.82, 2.24) is 9.97 Å². The number of aryl methyl sites for hydroxylation is 2. The molecule has 1 aromatic heterocycles. The summed E-state index contributed by atoms with van der Waals surface area (Å²) < 4.78 is 0. The summed E-state index contributed by atoms with van der Waals surface area (Å²) in [5.41, 5.74) is 17.8. The molecule has 6 rings (SSSR count). The molecular weight excluding hydrogens is 596 g/mol. The molecule has 0 bridgehead atoms. The predicted molar refractivity (Wildman–Crippen MR) is 186 cm³/mol. The largest absolute Gasteiger partial charge is 0.507 e. The second-order valence-corrected chi connectivity index (χ2v) is 12.4. The maximum absolute atomic E-state index is 12.4. The fourth-order valence-electron chi connectivity index (χ4n) is 6.42. The summed E-state index contributed by atoms with van der Waals surface area (Å²) in [4.78, 5) is 32.9. The summed E-state index contributed by atoms with van der Waals surface area (Å²) in [6.07, 6.45) is 10.7. The normalized spacial score (nSPS) is 15.2. The third-order valence-corrected chi connectivity index (χ3v) is 9.14. The van der Waals surface area contributed by atoms with E-state index in [9.17, 15) is 14.7 Å². The first-order valence-corrected chi connectivity index (χ1v) is 16.5. The van der Waals surface area contributed by atoms with Crippen LogP contribution in [-0.2, 0) is 17.6 Å². The van der Waals surface area contributed by atoms with E-state index in [1.165, 1.54) is 49.7 Å². The SMILES string of the molecule is CCc1nc(N)nc(N)c1-c1ccc(Cl)cc1.O=C1C(=O)c2ccccc2C(O)=C1CCCc1ccc(C2CCCCCC2)cc1. The fourth-order valence-corrected chi connectivity index (χ4v) is 6.55. The lowest BCUT2D eigenvalue weighted by atomic mass is 9.86. The van der Waals surface area contributed by atoms with Gasteiger partial charge < -0.3 is 16.6 Å². The van der Waals surface area contributed by atoms with Gasteiger partial charge in [-0.1, -0.05) is 105 Å². The van der Waals surface area contributed by atoms with E-state index in [1.807, 2.05) is 31.2 Å². The van der Waals surface area contributed by atoms with Gasteiger partial charge in [0.05, 0.1) is 5.69 Å². The zero-order valence-corrected chi connectivity index (χ0v) is 27.0. The smallest absolute Gasteiger partial charge is 0.234 e. The number of aliphatic hydroxyl groups is 1. The van der Waals surface area contributed by atoms with Crippen LogP contribution in [0.3, 0.4) is 0 Å². The molecule has 0 saturated heterocycles. The number of nitrogens with two attached hydrogens (primary N) is 2. The van der Waals surface area contributed by atoms with E-state index in [2.05, 4.69) is 34.2 Å². The third kappa shape index (κ3) is 7.65. The Morgan fingerprint density at radius 1 is 0.804 bits per heavy atom. The van der Waals surface area contributed by atoms with E-state index in [0.717, 1.165) is 36.1 Å². The minimum absolute atomic E-state index is 0.0334. The highest BCUT2D eigenvalue weighted by Gasteiger charge is 2.32. The number of aromatic nitrogens is 2. The average Bonchev–Trinajstić information content (AvgIpc) is 3.36. The summed E-state index contributed by atoms with van der Waals surface area (Å²) >= 11 is 5.86. The van der Waals surface area contributed by atoms with Gasteiger partial charge in [-0.15, -0.1) is 0 Å². The Hall–Kier alpha value is -4.49. The molecule has 4 aromatic rings. The van der Waals surface area contributed by atoms with Gasteiger partial charge in [-0.3, -0.25) is 9.59 Å². The highest BCUT2D eigenvalue weighted by molar-refractivity contribution is 6.52. The topological polar surface area (TPSA) is 132 Å². The van der Waals surface area contributed by atoms with Crippen molar-refractivity contribution in [3.63, 3.8) is 0 Å². The molecule has 0 unspecified atom stereocenters. The van der Waals surface area contributed by atoms with E-state index >= 15 is 0 Å². The minimum Gasteiger partial charge on any atom is -0.507 e. The first-order chi connectivity index (χ1) is 22.3. The number of nitrogens with zero attached hydrogens (tertiary/aromatic N) is 2. The number of carbonyl (C=O) groups excluding carboxylic acids is 2. The van der Waals surface area contributed by atoms with Gasteiger partial charge in [0.2, 0.25) is 17.5 Å². The third-order valence-electron chi connectivity index (χ3n) is 8.89. The lowest BCUT2D eigenvalue weighted by Gasteiger charge is -2.18. The van der Waals surface area contributed by atoms with Crippen LogP contribution in [0, 0.1) is 0 Å². The van der Waals surface area contributed by atoms with Crippen LogP contribution in [0.1, 0.15) is 97.0 Å². The Morgan fingerprint density at radius 3 is 2.11 bits per heavy atom. The van der Waals surface area contributed by atoms with E-state index in [-0.39, 0.29) is 17.3 Å². The number of carbonyl (C=O) groups is 2. The van der Waals surface area contributed by atoms with Crippen molar-refractivity contribution in [3.05, 3.63) is 111 Å². The van der Waals surface area contributed by atoms with Crippen LogP contribution < -0.4 is 11.5 Å². The lowest BCUT2D eigenvalue weighted by Crippen LogP contribution is -2.24. The van der Waals surface area contributed by atoms with Crippen LogP contribution in [0.5, 0.6) is 0 Å². The minimum atomic E-state index is -0.565. The van der Waals surface area contributed by atoms with Crippen LogP contribution >= 0.6 is 11.6 Å². The number of benzene rings is 3. The summed E-state index contributed by atoms with van der Waals surface area (Å²) in [6, 6.07) is 23.1. The number of ketones is 2. The quantitative estimate of drug-likeness (QED) is 0.136. The second-order valence-electron chi connectivity index (χ2n) is 12.0. The number of fused-ring (bicyclic) bond motifs is 1. The number of rotatable bonds is 7. The highest BCUT2D eigenvalue weighted by Crippen LogP contribution is 2.33. The lowest BCUT2D eigenvalue weighted by molar-refractivity contribution is -0.112. The maximum Gasteiger partial charge on any atom is 0.234 e. The Labute approximate surface area is 275 Å². The number of nitrogen functional groups attached to an aromatic ring is 2. The van der Waals surface area contributed by atoms with Crippen molar-refractivity contribution < 1.29 is 14.7 Å². The van der Waals surface area contributed by atoms with E-state index in [0.29, 0.717) is 34.3 Å². The first kappa shape index (κ1) is 32.9. The molecule has 0 radical (unpaired) electrons. The monoisotopic (exact) mass is 636 g/mol. The zero-order valence-electron chi connectivity index (χ0n) is 26.3. The number of hydrogen-bond acceptors (Lipinski definition) is 7.